The van der Waals surface area contributed by atoms with Crippen molar-refractivity contribution in [2.75, 3.05) is 0 Å². The molecule has 0 radical (unpaired) electrons. The van der Waals surface area contributed by atoms with Crippen LogP contribution in [0.5, 0.6) is 0 Å². The molecule has 0 bridgehead atoms. The first-order valence-electron chi connectivity index (χ1n) is 8.67. The zero-order valence-corrected chi connectivity index (χ0v) is 15.8. The highest BCUT2D eigenvalue weighted by molar-refractivity contribution is 5.65. The largest absolute Gasteiger partial charge is 0.465 e. The van der Waals surface area contributed by atoms with Gasteiger partial charge in [0.25, 0.3) is 0 Å². The zero-order chi connectivity index (χ0) is 19.5. The molecule has 26 heavy (non-hydrogen) atoms. The Balaban J connectivity index is 2.24. The Morgan fingerprint density at radius 2 is 1.85 bits per heavy atom. The van der Waals surface area contributed by atoms with Crippen LogP contribution in [0.15, 0.2) is 29.3 Å². The molecule has 0 spiro atoms. The summed E-state index contributed by atoms with van der Waals surface area (Å²) < 4.78 is 0. The van der Waals surface area contributed by atoms with Crippen molar-refractivity contribution in [1.82, 2.24) is 9.96 Å². The number of isocyanates is 1. The highest BCUT2D eigenvalue weighted by Crippen LogP contribution is 2.39. The molecule has 1 heterocycles. The monoisotopic (exact) mass is 361 g/mol. The zero-order valence-electron chi connectivity index (χ0n) is 15.8. The summed E-state index contributed by atoms with van der Waals surface area (Å²) in [5, 5.41) is 21.6. The summed E-state index contributed by atoms with van der Waals surface area (Å²) >= 11 is 0. The smallest absolute Gasteiger partial charge is 0.407 e. The molecule has 1 aliphatic heterocycles. The van der Waals surface area contributed by atoms with Crippen molar-refractivity contribution in [3.05, 3.63) is 35.4 Å². The fourth-order valence-corrected chi connectivity index (χ4v) is 3.94. The molecule has 0 saturated carbocycles. The van der Waals surface area contributed by atoms with Crippen LogP contribution in [0.2, 0.25) is 0 Å². The van der Waals surface area contributed by atoms with Gasteiger partial charge in [-0.25, -0.2) is 14.6 Å². The quantitative estimate of drug-likeness (QED) is 0.619. The third-order valence-corrected chi connectivity index (χ3v) is 4.97. The summed E-state index contributed by atoms with van der Waals surface area (Å²) in [6.07, 6.45) is 1.60. The van der Waals surface area contributed by atoms with Crippen LogP contribution in [0.4, 0.5) is 4.79 Å². The number of hydrogen-bond acceptors (Lipinski definition) is 5. The van der Waals surface area contributed by atoms with Crippen molar-refractivity contribution in [2.24, 2.45) is 4.99 Å². The lowest BCUT2D eigenvalue weighted by atomic mass is 9.78. The van der Waals surface area contributed by atoms with Crippen molar-refractivity contribution in [3.63, 3.8) is 0 Å². The highest BCUT2D eigenvalue weighted by Gasteiger charge is 2.47. The number of rotatable bonds is 5. The highest BCUT2D eigenvalue weighted by atomic mass is 16.5. The van der Waals surface area contributed by atoms with Gasteiger partial charge in [-0.05, 0) is 51.7 Å². The second-order valence-electron chi connectivity index (χ2n) is 8.14. The predicted molar refractivity (Wildman–Crippen MR) is 96.6 cm³/mol. The summed E-state index contributed by atoms with van der Waals surface area (Å²) in [7, 11) is 0. The lowest BCUT2D eigenvalue weighted by Crippen LogP contribution is -2.63. The molecule has 0 aromatic heterocycles. The van der Waals surface area contributed by atoms with Gasteiger partial charge in [-0.2, -0.15) is 5.06 Å². The first-order valence-corrected chi connectivity index (χ1v) is 8.67. The van der Waals surface area contributed by atoms with Gasteiger partial charge in [-0.15, -0.1) is 0 Å². The van der Waals surface area contributed by atoms with Crippen molar-refractivity contribution in [1.29, 1.82) is 0 Å². The summed E-state index contributed by atoms with van der Waals surface area (Å²) in [6, 6.07) is 7.18. The molecule has 1 amide bonds. The van der Waals surface area contributed by atoms with Gasteiger partial charge in [-0.3, -0.25) is 0 Å². The second kappa shape index (κ2) is 7.58. The van der Waals surface area contributed by atoms with Gasteiger partial charge in [0.15, 0.2) is 0 Å². The Morgan fingerprint density at radius 1 is 1.27 bits per heavy atom. The van der Waals surface area contributed by atoms with E-state index in [-0.39, 0.29) is 19.1 Å². The number of nitrogens with zero attached hydrogens (tertiary/aromatic N) is 3. The Morgan fingerprint density at radius 3 is 2.38 bits per heavy atom. The number of carbonyl (C=O) groups is 1. The molecule has 1 aliphatic rings. The third-order valence-electron chi connectivity index (χ3n) is 4.97. The first-order chi connectivity index (χ1) is 12.1. The lowest BCUT2D eigenvalue weighted by Gasteiger charge is -2.53. The summed E-state index contributed by atoms with van der Waals surface area (Å²) in [6.45, 7) is 8.14. The number of aliphatic imine (C=N–C) groups is 1. The van der Waals surface area contributed by atoms with E-state index in [1.54, 1.807) is 0 Å². The summed E-state index contributed by atoms with van der Waals surface area (Å²) in [5.41, 5.74) is 0.622. The average molecular weight is 361 g/mol. The van der Waals surface area contributed by atoms with Crippen LogP contribution >= 0.6 is 0 Å². The molecular weight excluding hydrogens is 334 g/mol. The van der Waals surface area contributed by atoms with Crippen LogP contribution in [0.3, 0.4) is 0 Å². The molecule has 0 unspecified atom stereocenters. The van der Waals surface area contributed by atoms with Crippen molar-refractivity contribution < 1.29 is 19.9 Å². The maximum absolute atomic E-state index is 11.9. The fraction of sp³-hybridized carbons (Fsp3) is 0.579. The molecule has 142 valence electrons. The Bertz CT molecular complexity index is 692. The molecule has 1 saturated heterocycles. The molecule has 1 aromatic carbocycles. The van der Waals surface area contributed by atoms with Gasteiger partial charge < -0.3 is 15.2 Å². The molecule has 7 nitrogen and oxygen atoms in total. The SMILES string of the molecule is CC1(C)CC(N(Cc2cccc(CN=C=O)c2)C(=O)O)CC(C)(C)N1O. The molecule has 7 heteroatoms. The van der Waals surface area contributed by atoms with E-state index in [0.717, 1.165) is 11.1 Å². The third kappa shape index (κ3) is 4.49. The van der Waals surface area contributed by atoms with E-state index in [9.17, 15) is 19.9 Å². The minimum absolute atomic E-state index is 0.211. The number of carboxylic acid groups (broad SMARTS) is 1. The Hall–Kier alpha value is -2.21. The number of hydroxylamine groups is 2. The topological polar surface area (TPSA) is 93.4 Å². The molecule has 1 aromatic rings. The van der Waals surface area contributed by atoms with Crippen LogP contribution in [-0.2, 0) is 17.9 Å². The van der Waals surface area contributed by atoms with E-state index in [4.69, 9.17) is 0 Å². The lowest BCUT2D eigenvalue weighted by molar-refractivity contribution is -0.251. The Labute approximate surface area is 153 Å². The van der Waals surface area contributed by atoms with Gasteiger partial charge in [0, 0.05) is 23.7 Å². The first kappa shape index (κ1) is 20.1. The number of benzene rings is 1. The minimum atomic E-state index is -0.982. The van der Waals surface area contributed by atoms with Gasteiger partial charge in [-0.1, -0.05) is 24.3 Å². The number of piperidine rings is 1. The molecular formula is C19H27N3O4. The van der Waals surface area contributed by atoms with Gasteiger partial charge in [0.05, 0.1) is 6.54 Å². The molecule has 1 fully saturated rings. The minimum Gasteiger partial charge on any atom is -0.465 e. The summed E-state index contributed by atoms with van der Waals surface area (Å²) in [5.74, 6) is 0. The fourth-order valence-electron chi connectivity index (χ4n) is 3.94. The number of amides is 1. The van der Waals surface area contributed by atoms with E-state index < -0.39 is 17.2 Å². The summed E-state index contributed by atoms with van der Waals surface area (Å²) in [4.78, 5) is 27.2. The predicted octanol–water partition coefficient (Wildman–Crippen LogP) is 3.41. The van der Waals surface area contributed by atoms with Crippen LogP contribution in [0.25, 0.3) is 0 Å². The van der Waals surface area contributed by atoms with Crippen molar-refractivity contribution >= 4 is 12.2 Å². The standard InChI is InChI=1S/C19H27N3O4/c1-18(2)9-16(10-19(3,4)22(18)26)21(17(24)25)12-15-7-5-6-14(8-15)11-20-13-23/h5-8,16,26H,9-12H2,1-4H3,(H,24,25). The van der Waals surface area contributed by atoms with Gasteiger partial charge >= 0.3 is 6.09 Å². The van der Waals surface area contributed by atoms with Gasteiger partial charge in [0.1, 0.15) is 0 Å². The van der Waals surface area contributed by atoms with Crippen molar-refractivity contribution in [2.45, 2.75) is 70.7 Å². The number of carbonyl (C=O) groups excluding carboxylic acids is 1. The molecule has 2 rings (SSSR count). The van der Waals surface area contributed by atoms with E-state index >= 15 is 0 Å². The normalized spacial score (nSPS) is 19.6. The van der Waals surface area contributed by atoms with Crippen molar-refractivity contribution in [3.8, 4) is 0 Å². The molecule has 0 atom stereocenters. The number of hydrogen-bond donors (Lipinski definition) is 2. The van der Waals surface area contributed by atoms with Gasteiger partial charge in [0.2, 0.25) is 6.08 Å². The van der Waals surface area contributed by atoms with E-state index in [0.29, 0.717) is 12.8 Å². The average Bonchev–Trinajstić information content (AvgIpc) is 2.55. The second-order valence-corrected chi connectivity index (χ2v) is 8.14. The maximum Gasteiger partial charge on any atom is 0.407 e. The van der Waals surface area contributed by atoms with Crippen LogP contribution in [-0.4, -0.2) is 49.6 Å². The maximum atomic E-state index is 11.9. The molecule has 2 N–H and O–H groups in total. The van der Waals surface area contributed by atoms with Crippen LogP contribution < -0.4 is 0 Å². The van der Waals surface area contributed by atoms with Crippen LogP contribution in [0, 0.1) is 0 Å². The Kier molecular flexibility index (Phi) is 5.86. The molecule has 0 aliphatic carbocycles. The van der Waals surface area contributed by atoms with E-state index in [1.165, 1.54) is 16.0 Å². The van der Waals surface area contributed by atoms with Crippen LogP contribution in [0.1, 0.15) is 51.7 Å². The van der Waals surface area contributed by atoms with E-state index in [1.807, 2.05) is 52.0 Å². The van der Waals surface area contributed by atoms with E-state index in [2.05, 4.69) is 4.99 Å².